The third kappa shape index (κ3) is 3.53. The minimum atomic E-state index is -3.72. The number of aromatic nitrogens is 1. The van der Waals surface area contributed by atoms with Crippen molar-refractivity contribution in [2.45, 2.75) is 31.2 Å². The quantitative estimate of drug-likeness (QED) is 0.869. The van der Waals surface area contributed by atoms with Gasteiger partial charge >= 0.3 is 0 Å². The first-order valence-electron chi connectivity index (χ1n) is 8.47. The van der Waals surface area contributed by atoms with Crippen LogP contribution in [0.2, 0.25) is 0 Å². The van der Waals surface area contributed by atoms with Crippen LogP contribution in [0, 0.1) is 6.92 Å². The lowest BCUT2D eigenvalue weighted by Crippen LogP contribution is -2.48. The highest BCUT2D eigenvalue weighted by molar-refractivity contribution is 7.89. The summed E-state index contributed by atoms with van der Waals surface area (Å²) in [5.74, 6) is 0.0456. The average Bonchev–Trinajstić information content (AvgIpc) is 2.63. The molecule has 0 amide bonds. The molecule has 3 rings (SSSR count). The average molecular weight is 360 g/mol. The molecule has 1 fully saturated rings. The summed E-state index contributed by atoms with van der Waals surface area (Å²) in [5.41, 5.74) is 8.85. The highest BCUT2D eigenvalue weighted by atomic mass is 32.2. The Balaban J connectivity index is 2.00. The molecule has 134 valence electrons. The SMILES string of the molecule is CCc1ccc(C2CNCCN2S(=O)(=O)c2cc(C)cnc2N)cc1. The zero-order valence-electron chi connectivity index (χ0n) is 14.6. The van der Waals surface area contributed by atoms with E-state index in [1.807, 2.05) is 19.1 Å². The van der Waals surface area contributed by atoms with Gasteiger partial charge in [0.15, 0.2) is 0 Å². The number of benzene rings is 1. The maximum absolute atomic E-state index is 13.2. The predicted octanol–water partition coefficient (Wildman–Crippen LogP) is 1.87. The lowest BCUT2D eigenvalue weighted by molar-refractivity contribution is 0.271. The van der Waals surface area contributed by atoms with Gasteiger partial charge in [-0.2, -0.15) is 4.31 Å². The molecule has 25 heavy (non-hydrogen) atoms. The van der Waals surface area contributed by atoms with Gasteiger partial charge in [-0.3, -0.25) is 0 Å². The van der Waals surface area contributed by atoms with E-state index in [4.69, 9.17) is 5.73 Å². The van der Waals surface area contributed by atoms with Crippen LogP contribution in [-0.2, 0) is 16.4 Å². The monoisotopic (exact) mass is 360 g/mol. The van der Waals surface area contributed by atoms with Crippen molar-refractivity contribution in [2.75, 3.05) is 25.4 Å². The van der Waals surface area contributed by atoms with Crippen molar-refractivity contribution in [3.8, 4) is 0 Å². The molecular weight excluding hydrogens is 336 g/mol. The number of nitrogen functional groups attached to an aromatic ring is 1. The molecule has 0 spiro atoms. The van der Waals surface area contributed by atoms with Gasteiger partial charge in [0.2, 0.25) is 10.0 Å². The fourth-order valence-electron chi connectivity index (χ4n) is 3.12. The van der Waals surface area contributed by atoms with Crippen LogP contribution in [0.1, 0.15) is 29.7 Å². The van der Waals surface area contributed by atoms with Crippen LogP contribution in [0.15, 0.2) is 41.4 Å². The number of nitrogens with one attached hydrogen (secondary N) is 1. The lowest BCUT2D eigenvalue weighted by Gasteiger charge is -2.35. The van der Waals surface area contributed by atoms with E-state index in [-0.39, 0.29) is 16.8 Å². The topological polar surface area (TPSA) is 88.3 Å². The summed E-state index contributed by atoms with van der Waals surface area (Å²) in [7, 11) is -3.72. The molecule has 7 heteroatoms. The number of sulfonamides is 1. The minimum absolute atomic E-state index is 0.0456. The number of nitrogens with two attached hydrogens (primary N) is 1. The van der Waals surface area contributed by atoms with Gasteiger partial charge in [-0.05, 0) is 36.1 Å². The molecule has 1 unspecified atom stereocenters. The Morgan fingerprint density at radius 3 is 2.72 bits per heavy atom. The fourth-order valence-corrected chi connectivity index (χ4v) is 4.89. The molecule has 2 aromatic rings. The van der Waals surface area contributed by atoms with Gasteiger partial charge in [0, 0.05) is 25.8 Å². The summed E-state index contributed by atoms with van der Waals surface area (Å²) in [6.07, 6.45) is 2.53. The van der Waals surface area contributed by atoms with Crippen molar-refractivity contribution in [1.29, 1.82) is 0 Å². The summed E-state index contributed by atoms with van der Waals surface area (Å²) in [5, 5.41) is 3.29. The van der Waals surface area contributed by atoms with Crippen LogP contribution in [0.25, 0.3) is 0 Å². The Morgan fingerprint density at radius 1 is 1.32 bits per heavy atom. The molecule has 1 atom stereocenters. The minimum Gasteiger partial charge on any atom is -0.383 e. The van der Waals surface area contributed by atoms with Gasteiger partial charge in [-0.15, -0.1) is 0 Å². The second kappa shape index (κ2) is 7.11. The smallest absolute Gasteiger partial charge is 0.247 e. The van der Waals surface area contributed by atoms with Crippen LogP contribution in [0.4, 0.5) is 5.82 Å². The molecule has 1 aromatic heterocycles. The molecule has 1 aromatic carbocycles. The fraction of sp³-hybridized carbons (Fsp3) is 0.389. The summed E-state index contributed by atoms with van der Waals surface area (Å²) < 4.78 is 28.0. The third-order valence-corrected chi connectivity index (χ3v) is 6.51. The van der Waals surface area contributed by atoms with E-state index < -0.39 is 10.0 Å². The normalized spacial score (nSPS) is 19.0. The van der Waals surface area contributed by atoms with Crippen molar-refractivity contribution in [1.82, 2.24) is 14.6 Å². The number of aryl methyl sites for hydroxylation is 2. The van der Waals surface area contributed by atoms with Crippen molar-refractivity contribution < 1.29 is 8.42 Å². The summed E-state index contributed by atoms with van der Waals surface area (Å²) in [6.45, 7) is 5.49. The van der Waals surface area contributed by atoms with Gasteiger partial charge < -0.3 is 11.1 Å². The number of piperazine rings is 1. The van der Waals surface area contributed by atoms with Crippen molar-refractivity contribution >= 4 is 15.8 Å². The first-order valence-corrected chi connectivity index (χ1v) is 9.91. The van der Waals surface area contributed by atoms with Crippen LogP contribution in [0.5, 0.6) is 0 Å². The Bertz CT molecular complexity index is 850. The van der Waals surface area contributed by atoms with Gasteiger partial charge in [-0.25, -0.2) is 13.4 Å². The predicted molar refractivity (Wildman–Crippen MR) is 98.7 cm³/mol. The molecule has 0 radical (unpaired) electrons. The zero-order valence-corrected chi connectivity index (χ0v) is 15.4. The molecule has 0 bridgehead atoms. The maximum atomic E-state index is 13.2. The number of nitrogens with zero attached hydrogens (tertiary/aromatic N) is 2. The lowest BCUT2D eigenvalue weighted by atomic mass is 10.0. The van der Waals surface area contributed by atoms with Crippen LogP contribution in [0.3, 0.4) is 0 Å². The molecule has 1 aliphatic rings. The van der Waals surface area contributed by atoms with E-state index in [9.17, 15) is 8.42 Å². The zero-order chi connectivity index (χ0) is 18.0. The number of hydrogen-bond donors (Lipinski definition) is 2. The largest absolute Gasteiger partial charge is 0.383 e. The van der Waals surface area contributed by atoms with Gasteiger partial charge in [0.05, 0.1) is 6.04 Å². The highest BCUT2D eigenvalue weighted by Crippen LogP contribution is 2.31. The molecule has 1 aliphatic heterocycles. The molecule has 6 nitrogen and oxygen atoms in total. The second-order valence-electron chi connectivity index (χ2n) is 6.33. The van der Waals surface area contributed by atoms with Gasteiger partial charge in [0.1, 0.15) is 10.7 Å². The van der Waals surface area contributed by atoms with E-state index in [1.54, 1.807) is 12.3 Å². The van der Waals surface area contributed by atoms with E-state index in [1.165, 1.54) is 9.87 Å². The number of hydrogen-bond acceptors (Lipinski definition) is 5. The molecule has 1 saturated heterocycles. The van der Waals surface area contributed by atoms with Gasteiger partial charge in [-0.1, -0.05) is 31.2 Å². The molecule has 2 heterocycles. The standard InChI is InChI=1S/C18H24N4O2S/c1-3-14-4-6-15(7-5-14)16-12-20-8-9-22(16)25(23,24)17-10-13(2)11-21-18(17)19/h4-7,10-11,16,20H,3,8-9,12H2,1-2H3,(H2,19,21). The van der Waals surface area contributed by atoms with Crippen molar-refractivity contribution in [3.63, 3.8) is 0 Å². The summed E-state index contributed by atoms with van der Waals surface area (Å²) in [4.78, 5) is 4.10. The van der Waals surface area contributed by atoms with Crippen molar-refractivity contribution in [3.05, 3.63) is 53.2 Å². The Morgan fingerprint density at radius 2 is 2.04 bits per heavy atom. The molecule has 3 N–H and O–H groups in total. The Kier molecular flexibility index (Phi) is 5.08. The molecule has 0 aliphatic carbocycles. The summed E-state index contributed by atoms with van der Waals surface area (Å²) in [6, 6.07) is 9.46. The Labute approximate surface area is 149 Å². The number of anilines is 1. The second-order valence-corrected chi connectivity index (χ2v) is 8.19. The van der Waals surface area contributed by atoms with E-state index >= 15 is 0 Å². The van der Waals surface area contributed by atoms with E-state index in [0.717, 1.165) is 17.5 Å². The van der Waals surface area contributed by atoms with Crippen LogP contribution >= 0.6 is 0 Å². The molecular formula is C18H24N4O2S. The third-order valence-electron chi connectivity index (χ3n) is 4.57. The maximum Gasteiger partial charge on any atom is 0.247 e. The van der Waals surface area contributed by atoms with Crippen molar-refractivity contribution in [2.24, 2.45) is 0 Å². The van der Waals surface area contributed by atoms with E-state index in [2.05, 4.69) is 29.4 Å². The number of pyridine rings is 1. The highest BCUT2D eigenvalue weighted by Gasteiger charge is 2.35. The summed E-state index contributed by atoms with van der Waals surface area (Å²) >= 11 is 0. The molecule has 0 saturated carbocycles. The first-order chi connectivity index (χ1) is 11.9. The Hall–Kier alpha value is -1.96. The van der Waals surface area contributed by atoms with Crippen LogP contribution < -0.4 is 11.1 Å². The van der Waals surface area contributed by atoms with E-state index in [0.29, 0.717) is 19.6 Å². The first kappa shape index (κ1) is 17.8. The van der Waals surface area contributed by atoms with Crippen LogP contribution in [-0.4, -0.2) is 37.3 Å². The number of rotatable bonds is 4. The van der Waals surface area contributed by atoms with Gasteiger partial charge in [0.25, 0.3) is 0 Å².